The van der Waals surface area contributed by atoms with Gasteiger partial charge in [0.2, 0.25) is 0 Å². The summed E-state index contributed by atoms with van der Waals surface area (Å²) >= 11 is 0. The monoisotopic (exact) mass is 514 g/mol. The van der Waals surface area contributed by atoms with E-state index in [-0.39, 0.29) is 42.8 Å². The molecule has 0 saturated carbocycles. The van der Waals surface area contributed by atoms with Crippen molar-refractivity contribution in [3.63, 3.8) is 0 Å². The van der Waals surface area contributed by atoms with Gasteiger partial charge in [-0.2, -0.15) is 15.0 Å². The zero-order chi connectivity index (χ0) is 26.4. The van der Waals surface area contributed by atoms with E-state index >= 15 is 0 Å². The van der Waals surface area contributed by atoms with Gasteiger partial charge < -0.3 is 19.9 Å². The van der Waals surface area contributed by atoms with Gasteiger partial charge in [0.15, 0.2) is 17.0 Å². The van der Waals surface area contributed by atoms with Crippen molar-refractivity contribution in [1.29, 1.82) is 0 Å². The van der Waals surface area contributed by atoms with Crippen molar-refractivity contribution in [2.24, 2.45) is 5.92 Å². The Kier molecular flexibility index (Phi) is 8.88. The van der Waals surface area contributed by atoms with Gasteiger partial charge in [-0.1, -0.05) is 38.1 Å². The number of nitrogens with two attached hydrogens (primary N) is 1. The largest absolute Gasteiger partial charge is 0.461 e. The number of alkyl halides is 1. The third kappa shape index (κ3) is 7.14. The second-order valence-electron chi connectivity index (χ2n) is 9.73. The van der Waals surface area contributed by atoms with E-state index in [2.05, 4.69) is 32.0 Å². The molecule has 0 spiro atoms. The molecule has 1 aliphatic heterocycles. The van der Waals surface area contributed by atoms with Gasteiger partial charge in [-0.15, -0.1) is 0 Å². The molecule has 1 aliphatic rings. The number of imidazole rings is 1. The summed E-state index contributed by atoms with van der Waals surface area (Å²) < 4.78 is 31.5. The molecule has 0 unspecified atom stereocenters. The molecule has 2 N–H and O–H groups in total. The minimum atomic E-state index is -0.702. The number of hydrogen-bond donors (Lipinski definition) is 1. The van der Waals surface area contributed by atoms with Crippen molar-refractivity contribution in [2.45, 2.75) is 52.4 Å². The van der Waals surface area contributed by atoms with Crippen molar-refractivity contribution < 1.29 is 23.4 Å². The smallest absolute Gasteiger partial charge is 0.320 e. The molecular weight excluding hydrogens is 479 g/mol. The second kappa shape index (κ2) is 12.3. The minimum Gasteiger partial charge on any atom is -0.461 e. The molecule has 4 rings (SSSR count). The summed E-state index contributed by atoms with van der Waals surface area (Å²) in [7, 11) is 1.58. The van der Waals surface area contributed by atoms with Crippen molar-refractivity contribution >= 4 is 23.0 Å². The number of nitrogen functional groups attached to an aromatic ring is 1. The maximum absolute atomic E-state index is 13.5. The van der Waals surface area contributed by atoms with Crippen LogP contribution in [0.4, 0.5) is 10.2 Å². The standard InChI is InChI=1S/C26H35FN6O4/c1-17(2)13-21(34)37-26-29-22-23(28)30-25(36-12-11-35-3)31-24(22)33(26)16-19-6-4-5-18(14-19)15-32-9-7-20(27)8-10-32/h4-6,14,17,20H,7-13,15-16H2,1-3H3,(H2,28,30,31). The number of rotatable bonds is 11. The van der Waals surface area contributed by atoms with Gasteiger partial charge in [0.05, 0.1) is 13.2 Å². The van der Waals surface area contributed by atoms with E-state index in [1.54, 1.807) is 11.7 Å². The maximum Gasteiger partial charge on any atom is 0.320 e. The van der Waals surface area contributed by atoms with Crippen LogP contribution in [0.2, 0.25) is 0 Å². The van der Waals surface area contributed by atoms with E-state index in [0.717, 1.165) is 30.8 Å². The summed E-state index contributed by atoms with van der Waals surface area (Å²) in [6, 6.07) is 8.32. The van der Waals surface area contributed by atoms with Crippen LogP contribution in [0, 0.1) is 5.92 Å². The predicted molar refractivity (Wildman–Crippen MR) is 137 cm³/mol. The number of ether oxygens (including phenoxy) is 3. The molecule has 10 nitrogen and oxygen atoms in total. The molecule has 0 bridgehead atoms. The number of anilines is 1. The van der Waals surface area contributed by atoms with Gasteiger partial charge in [-0.05, 0) is 29.9 Å². The molecular formula is C26H35FN6O4. The second-order valence-corrected chi connectivity index (χ2v) is 9.73. The average Bonchev–Trinajstić information content (AvgIpc) is 3.18. The summed E-state index contributed by atoms with van der Waals surface area (Å²) in [6.07, 6.45) is 0.691. The van der Waals surface area contributed by atoms with Gasteiger partial charge in [-0.3, -0.25) is 14.3 Å². The third-order valence-corrected chi connectivity index (χ3v) is 6.12. The first-order chi connectivity index (χ1) is 17.8. The van der Waals surface area contributed by atoms with Crippen LogP contribution in [-0.4, -0.2) is 70.0 Å². The van der Waals surface area contributed by atoms with Crippen LogP contribution < -0.4 is 15.2 Å². The first-order valence-electron chi connectivity index (χ1n) is 12.6. The highest BCUT2D eigenvalue weighted by molar-refractivity contribution is 5.84. The molecule has 0 aliphatic carbocycles. The number of nitrogens with zero attached hydrogens (tertiary/aromatic N) is 5. The Balaban J connectivity index is 1.63. The first kappa shape index (κ1) is 26.7. The normalized spacial score (nSPS) is 14.9. The van der Waals surface area contributed by atoms with Gasteiger partial charge in [0.25, 0.3) is 0 Å². The SMILES string of the molecule is COCCOc1nc(N)c2nc(OC(=O)CC(C)C)n(Cc3cccc(CN4CCC(F)CC4)c3)c2n1. The first-order valence-corrected chi connectivity index (χ1v) is 12.6. The number of halogens is 1. The molecule has 37 heavy (non-hydrogen) atoms. The maximum atomic E-state index is 13.5. The minimum absolute atomic E-state index is 0.0910. The summed E-state index contributed by atoms with van der Waals surface area (Å²) in [4.78, 5) is 27.9. The Morgan fingerprint density at radius 1 is 1.14 bits per heavy atom. The highest BCUT2D eigenvalue weighted by Gasteiger charge is 2.22. The number of hydrogen-bond acceptors (Lipinski definition) is 9. The fourth-order valence-electron chi connectivity index (χ4n) is 4.29. The van der Waals surface area contributed by atoms with E-state index in [1.165, 1.54) is 0 Å². The Morgan fingerprint density at radius 3 is 2.57 bits per heavy atom. The Hall–Kier alpha value is -3.31. The lowest BCUT2D eigenvalue weighted by Gasteiger charge is -2.28. The van der Waals surface area contributed by atoms with Crippen LogP contribution in [-0.2, 0) is 22.6 Å². The number of methoxy groups -OCH3 is 1. The highest BCUT2D eigenvalue weighted by atomic mass is 19.1. The lowest BCUT2D eigenvalue weighted by atomic mass is 10.1. The molecule has 1 saturated heterocycles. The summed E-state index contributed by atoms with van der Waals surface area (Å²) in [6.45, 7) is 7.09. The van der Waals surface area contributed by atoms with Crippen LogP contribution >= 0.6 is 0 Å². The molecule has 0 atom stereocenters. The topological polar surface area (TPSA) is 118 Å². The molecule has 200 valence electrons. The van der Waals surface area contributed by atoms with Crippen molar-refractivity contribution in [3.8, 4) is 12.0 Å². The molecule has 0 amide bonds. The van der Waals surface area contributed by atoms with E-state index in [9.17, 15) is 9.18 Å². The van der Waals surface area contributed by atoms with Gasteiger partial charge in [0, 0.05) is 33.2 Å². The number of likely N-dealkylation sites (tertiary alicyclic amines) is 1. The molecule has 1 fully saturated rings. The number of benzene rings is 1. The molecule has 0 radical (unpaired) electrons. The Morgan fingerprint density at radius 2 is 1.86 bits per heavy atom. The van der Waals surface area contributed by atoms with Gasteiger partial charge in [0.1, 0.15) is 12.8 Å². The van der Waals surface area contributed by atoms with Gasteiger partial charge in [-0.25, -0.2) is 4.39 Å². The quantitative estimate of drug-likeness (QED) is 0.303. The van der Waals surface area contributed by atoms with Crippen molar-refractivity contribution in [1.82, 2.24) is 24.4 Å². The summed E-state index contributed by atoms with van der Waals surface area (Å²) in [5.41, 5.74) is 9.00. The van der Waals surface area contributed by atoms with E-state index < -0.39 is 6.17 Å². The van der Waals surface area contributed by atoms with Crippen LogP contribution in [0.15, 0.2) is 24.3 Å². The van der Waals surface area contributed by atoms with Crippen LogP contribution in [0.3, 0.4) is 0 Å². The summed E-state index contributed by atoms with van der Waals surface area (Å²) in [5, 5.41) is 0. The summed E-state index contributed by atoms with van der Waals surface area (Å²) in [5.74, 6) is -0.128. The van der Waals surface area contributed by atoms with Crippen LogP contribution in [0.5, 0.6) is 12.0 Å². The van der Waals surface area contributed by atoms with E-state index in [0.29, 0.717) is 37.2 Å². The van der Waals surface area contributed by atoms with Crippen LogP contribution in [0.1, 0.15) is 44.2 Å². The molecule has 1 aromatic carbocycles. The van der Waals surface area contributed by atoms with Crippen LogP contribution in [0.25, 0.3) is 11.2 Å². The fourth-order valence-corrected chi connectivity index (χ4v) is 4.29. The number of piperidine rings is 1. The van der Waals surface area contributed by atoms with Crippen molar-refractivity contribution in [3.05, 3.63) is 35.4 Å². The highest BCUT2D eigenvalue weighted by Crippen LogP contribution is 2.27. The van der Waals surface area contributed by atoms with E-state index in [4.69, 9.17) is 19.9 Å². The van der Waals surface area contributed by atoms with E-state index in [1.807, 2.05) is 26.0 Å². The van der Waals surface area contributed by atoms with Crippen molar-refractivity contribution in [2.75, 3.05) is 39.1 Å². The lowest BCUT2D eigenvalue weighted by Crippen LogP contribution is -2.33. The third-order valence-electron chi connectivity index (χ3n) is 6.12. The zero-order valence-electron chi connectivity index (χ0n) is 21.7. The number of aromatic nitrogens is 4. The molecule has 2 aromatic heterocycles. The molecule has 3 heterocycles. The molecule has 11 heteroatoms. The van der Waals surface area contributed by atoms with Gasteiger partial charge >= 0.3 is 18.0 Å². The average molecular weight is 515 g/mol. The predicted octanol–water partition coefficient (Wildman–Crippen LogP) is 3.37. The lowest BCUT2D eigenvalue weighted by molar-refractivity contribution is -0.135. The Bertz CT molecular complexity index is 1210. The fraction of sp³-hybridized carbons (Fsp3) is 0.538. The number of fused-ring (bicyclic) bond motifs is 1. The molecule has 3 aromatic rings. The Labute approximate surface area is 215 Å². The number of carbonyl (C=O) groups excluding carboxylic acids is 1. The number of carbonyl (C=O) groups is 1. The number of esters is 1. The zero-order valence-corrected chi connectivity index (χ0v) is 21.7.